The molecule has 33 heavy (non-hydrogen) atoms. The molecule has 1 saturated heterocycles. The van der Waals surface area contributed by atoms with Gasteiger partial charge in [0, 0.05) is 19.1 Å². The van der Waals surface area contributed by atoms with Gasteiger partial charge >= 0.3 is 0 Å². The number of thiazole rings is 1. The molecule has 0 unspecified atom stereocenters. The van der Waals surface area contributed by atoms with Crippen LogP contribution in [0.5, 0.6) is 0 Å². The zero-order chi connectivity index (χ0) is 23.3. The Bertz CT molecular complexity index is 1240. The molecule has 1 aliphatic carbocycles. The van der Waals surface area contributed by atoms with Gasteiger partial charge in [-0.3, -0.25) is 14.3 Å². The second kappa shape index (κ2) is 8.37. The molecule has 2 aromatic heterocycles. The van der Waals surface area contributed by atoms with Crippen LogP contribution in [0.3, 0.4) is 0 Å². The average molecular weight is 468 g/mol. The maximum atomic E-state index is 13.8. The summed E-state index contributed by atoms with van der Waals surface area (Å²) in [6.45, 7) is 6.65. The van der Waals surface area contributed by atoms with Crippen molar-refractivity contribution in [3.63, 3.8) is 0 Å². The number of nitrogens with zero attached hydrogens (tertiary/aromatic N) is 4. The monoisotopic (exact) mass is 467 g/mol. The third-order valence-corrected chi connectivity index (χ3v) is 7.42. The number of rotatable bonds is 6. The Morgan fingerprint density at radius 1 is 1.24 bits per heavy atom. The van der Waals surface area contributed by atoms with Crippen molar-refractivity contribution in [1.82, 2.24) is 25.0 Å². The van der Waals surface area contributed by atoms with Crippen LogP contribution in [0.1, 0.15) is 51.4 Å². The minimum atomic E-state index is -0.345. The van der Waals surface area contributed by atoms with Crippen LogP contribution in [0.4, 0.5) is 4.39 Å². The lowest BCUT2D eigenvalue weighted by atomic mass is 10.1. The van der Waals surface area contributed by atoms with Crippen LogP contribution < -0.4 is 5.32 Å². The van der Waals surface area contributed by atoms with Gasteiger partial charge < -0.3 is 10.2 Å². The lowest BCUT2D eigenvalue weighted by Gasteiger charge is -2.27. The number of carbonyl (C=O) groups excluding carboxylic acids is 2. The van der Waals surface area contributed by atoms with E-state index in [1.165, 1.54) is 23.5 Å². The molecule has 2 amide bonds. The molecular weight excluding hydrogens is 441 g/mol. The average Bonchev–Trinajstić information content (AvgIpc) is 3.11. The second-order valence-corrected chi connectivity index (χ2v) is 9.99. The van der Waals surface area contributed by atoms with Crippen LogP contribution in [0, 0.1) is 25.6 Å². The Hall–Kier alpha value is -3.07. The van der Waals surface area contributed by atoms with Gasteiger partial charge in [-0.15, -0.1) is 11.3 Å². The number of piperidine rings is 1. The fraction of sp³-hybridized carbons (Fsp3) is 0.417. The first-order valence-corrected chi connectivity index (χ1v) is 12.1. The van der Waals surface area contributed by atoms with Crippen molar-refractivity contribution in [3.05, 3.63) is 58.2 Å². The standard InChI is InChI=1S/C24H26FN5O2S/c1-4-29-20(8-13(2)28-29)23(31)26-12-18-10-16-11-19(16)30(18)24(32)21-22(33-14(3)27-21)15-6-5-7-17(25)9-15/h5-9,16,18-19H,4,10-12H2,1-3H3,(H,26,31)/t16-,18+,19+/m1/s1. The Kier molecular flexibility index (Phi) is 5.52. The molecule has 2 fully saturated rings. The van der Waals surface area contributed by atoms with Crippen LogP contribution >= 0.6 is 11.3 Å². The number of aryl methyl sites for hydroxylation is 3. The number of hydrogen-bond donors (Lipinski definition) is 1. The number of hydrogen-bond acceptors (Lipinski definition) is 5. The van der Waals surface area contributed by atoms with E-state index in [0.29, 0.717) is 40.8 Å². The number of carbonyl (C=O) groups is 2. The maximum Gasteiger partial charge on any atom is 0.274 e. The van der Waals surface area contributed by atoms with Crippen molar-refractivity contribution in [2.75, 3.05) is 6.54 Å². The van der Waals surface area contributed by atoms with Crippen LogP contribution in [-0.2, 0) is 6.54 Å². The zero-order valence-electron chi connectivity index (χ0n) is 18.8. The van der Waals surface area contributed by atoms with E-state index in [2.05, 4.69) is 15.4 Å². The topological polar surface area (TPSA) is 80.1 Å². The summed E-state index contributed by atoms with van der Waals surface area (Å²) in [5.74, 6) is -0.202. The van der Waals surface area contributed by atoms with Crippen molar-refractivity contribution in [3.8, 4) is 10.4 Å². The molecule has 3 aromatic rings. The Morgan fingerprint density at radius 2 is 2.06 bits per heavy atom. The van der Waals surface area contributed by atoms with Gasteiger partial charge in [0.25, 0.3) is 11.8 Å². The van der Waals surface area contributed by atoms with Gasteiger partial charge in [0.1, 0.15) is 17.2 Å². The van der Waals surface area contributed by atoms with E-state index in [0.717, 1.165) is 23.5 Å². The first-order chi connectivity index (χ1) is 15.9. The predicted octanol–water partition coefficient (Wildman–Crippen LogP) is 3.82. The first-order valence-electron chi connectivity index (χ1n) is 11.2. The minimum absolute atomic E-state index is 0.0911. The van der Waals surface area contributed by atoms with Crippen LogP contribution in [-0.4, -0.2) is 50.1 Å². The van der Waals surface area contributed by atoms with Crippen molar-refractivity contribution in [1.29, 1.82) is 0 Å². The zero-order valence-corrected chi connectivity index (χ0v) is 19.7. The quantitative estimate of drug-likeness (QED) is 0.598. The molecule has 3 atom stereocenters. The molecule has 9 heteroatoms. The molecule has 0 bridgehead atoms. The molecule has 0 spiro atoms. The summed E-state index contributed by atoms with van der Waals surface area (Å²) < 4.78 is 15.5. The van der Waals surface area contributed by atoms with Gasteiger partial charge in [-0.25, -0.2) is 9.37 Å². The van der Waals surface area contributed by atoms with Crippen molar-refractivity contribution >= 4 is 23.2 Å². The van der Waals surface area contributed by atoms with Gasteiger partial charge in [0.05, 0.1) is 21.6 Å². The van der Waals surface area contributed by atoms with E-state index in [-0.39, 0.29) is 29.7 Å². The predicted molar refractivity (Wildman–Crippen MR) is 124 cm³/mol. The smallest absolute Gasteiger partial charge is 0.274 e. The molecule has 1 aromatic carbocycles. The fourth-order valence-electron chi connectivity index (χ4n) is 4.85. The van der Waals surface area contributed by atoms with Crippen LogP contribution in [0.2, 0.25) is 0 Å². The number of benzene rings is 1. The van der Waals surface area contributed by atoms with E-state index in [9.17, 15) is 14.0 Å². The van der Waals surface area contributed by atoms with Gasteiger partial charge in [-0.05, 0) is 63.3 Å². The summed E-state index contributed by atoms with van der Waals surface area (Å²) in [7, 11) is 0. The van der Waals surface area contributed by atoms with Crippen LogP contribution in [0.15, 0.2) is 30.3 Å². The Morgan fingerprint density at radius 3 is 2.82 bits per heavy atom. The first kappa shape index (κ1) is 21.8. The molecule has 0 radical (unpaired) electrons. The molecular formula is C24H26FN5O2S. The largest absolute Gasteiger partial charge is 0.349 e. The van der Waals surface area contributed by atoms with E-state index < -0.39 is 0 Å². The lowest BCUT2D eigenvalue weighted by Crippen LogP contribution is -2.45. The van der Waals surface area contributed by atoms with Crippen molar-refractivity contribution < 1.29 is 14.0 Å². The molecule has 1 N–H and O–H groups in total. The molecule has 1 aliphatic heterocycles. The normalized spacial score (nSPS) is 21.2. The number of halogens is 1. The van der Waals surface area contributed by atoms with Crippen molar-refractivity contribution in [2.24, 2.45) is 5.92 Å². The highest BCUT2D eigenvalue weighted by Crippen LogP contribution is 2.48. The highest BCUT2D eigenvalue weighted by atomic mass is 32.1. The summed E-state index contributed by atoms with van der Waals surface area (Å²) in [5, 5.41) is 8.10. The lowest BCUT2D eigenvalue weighted by molar-refractivity contribution is 0.0684. The summed E-state index contributed by atoms with van der Waals surface area (Å²) in [6, 6.07) is 8.13. The number of amides is 2. The summed E-state index contributed by atoms with van der Waals surface area (Å²) in [5.41, 5.74) is 2.35. The van der Waals surface area contributed by atoms with E-state index >= 15 is 0 Å². The van der Waals surface area contributed by atoms with E-state index in [4.69, 9.17) is 0 Å². The molecule has 2 aliphatic rings. The van der Waals surface area contributed by atoms with Gasteiger partial charge in [0.15, 0.2) is 0 Å². The number of aromatic nitrogens is 3. The Labute approximate surface area is 195 Å². The summed E-state index contributed by atoms with van der Waals surface area (Å²) in [4.78, 5) is 33.5. The third kappa shape index (κ3) is 4.06. The van der Waals surface area contributed by atoms with Gasteiger partial charge in [-0.2, -0.15) is 5.10 Å². The van der Waals surface area contributed by atoms with Gasteiger partial charge in [0.2, 0.25) is 0 Å². The highest BCUT2D eigenvalue weighted by molar-refractivity contribution is 7.15. The molecule has 5 rings (SSSR count). The maximum absolute atomic E-state index is 13.8. The Balaban J connectivity index is 1.36. The molecule has 7 nitrogen and oxygen atoms in total. The highest BCUT2D eigenvalue weighted by Gasteiger charge is 2.54. The minimum Gasteiger partial charge on any atom is -0.349 e. The summed E-state index contributed by atoms with van der Waals surface area (Å²) >= 11 is 1.40. The third-order valence-electron chi connectivity index (χ3n) is 6.40. The van der Waals surface area contributed by atoms with E-state index in [1.807, 2.05) is 25.7 Å². The fourth-order valence-corrected chi connectivity index (χ4v) is 5.75. The number of fused-ring (bicyclic) bond motifs is 1. The SMILES string of the molecule is CCn1nc(C)cc1C(=O)NC[C@@H]1C[C@@H]2C[C@@H]2N1C(=O)c1nc(C)sc1-c1cccc(F)c1. The van der Waals surface area contributed by atoms with Crippen LogP contribution in [0.25, 0.3) is 10.4 Å². The van der Waals surface area contributed by atoms with Crippen molar-refractivity contribution in [2.45, 2.75) is 52.2 Å². The molecule has 3 heterocycles. The number of nitrogens with one attached hydrogen (secondary N) is 1. The summed E-state index contributed by atoms with van der Waals surface area (Å²) in [6.07, 6.45) is 1.84. The van der Waals surface area contributed by atoms with E-state index in [1.54, 1.807) is 22.9 Å². The van der Waals surface area contributed by atoms with Gasteiger partial charge in [-0.1, -0.05) is 12.1 Å². The molecule has 172 valence electrons. The second-order valence-electron chi connectivity index (χ2n) is 8.78. The molecule has 1 saturated carbocycles. The number of likely N-dealkylation sites (tertiary alicyclic amines) is 1.